The number of hydrogen-bond donors (Lipinski definition) is 3. The third kappa shape index (κ3) is 7.88. The van der Waals surface area contributed by atoms with Crippen LogP contribution < -0.4 is 10.6 Å². The Morgan fingerprint density at radius 2 is 1.66 bits per heavy atom. The molecule has 0 aliphatic carbocycles. The maximum absolute atomic E-state index is 14.0. The van der Waals surface area contributed by atoms with Crippen molar-refractivity contribution < 1.29 is 22.8 Å². The minimum absolute atomic E-state index is 0.0198. The lowest BCUT2D eigenvalue weighted by Gasteiger charge is -2.37. The monoisotopic (exact) mass is 605 g/mol. The summed E-state index contributed by atoms with van der Waals surface area (Å²) in [7, 11) is 0. The van der Waals surface area contributed by atoms with E-state index in [1.54, 1.807) is 24.4 Å². The molecule has 2 aromatic heterocycles. The van der Waals surface area contributed by atoms with Crippen molar-refractivity contribution in [1.29, 1.82) is 0 Å². The molecule has 1 fully saturated rings. The van der Waals surface area contributed by atoms with Gasteiger partial charge in [-0.15, -0.1) is 0 Å². The van der Waals surface area contributed by atoms with Crippen molar-refractivity contribution in [3.8, 4) is 0 Å². The van der Waals surface area contributed by atoms with Gasteiger partial charge < -0.3 is 10.6 Å². The third-order valence-electron chi connectivity index (χ3n) is 7.53. The molecular formula is C32H34F3N7O2. The van der Waals surface area contributed by atoms with E-state index in [-0.39, 0.29) is 17.8 Å². The van der Waals surface area contributed by atoms with Crippen LogP contribution in [0, 0.1) is 0 Å². The molecule has 5 rings (SSSR count). The molecule has 0 saturated carbocycles. The highest BCUT2D eigenvalue weighted by atomic mass is 19.4. The summed E-state index contributed by atoms with van der Waals surface area (Å²) in [5.74, 6) is -1.33. The molecule has 0 spiro atoms. The van der Waals surface area contributed by atoms with E-state index < -0.39 is 30.0 Å². The van der Waals surface area contributed by atoms with Gasteiger partial charge >= 0.3 is 6.18 Å². The number of rotatable bonds is 9. The summed E-state index contributed by atoms with van der Waals surface area (Å²) in [6.07, 6.45) is 0.206. The summed E-state index contributed by atoms with van der Waals surface area (Å²) in [5.41, 5.74) is 1.93. The van der Waals surface area contributed by atoms with Crippen molar-refractivity contribution in [3.63, 3.8) is 0 Å². The van der Waals surface area contributed by atoms with Crippen LogP contribution in [0.5, 0.6) is 0 Å². The van der Waals surface area contributed by atoms with Gasteiger partial charge in [-0.2, -0.15) is 18.3 Å². The van der Waals surface area contributed by atoms with Gasteiger partial charge in [-0.25, -0.2) is 0 Å². The van der Waals surface area contributed by atoms with Gasteiger partial charge in [-0.1, -0.05) is 12.1 Å². The second-order valence-electron chi connectivity index (χ2n) is 11.0. The van der Waals surface area contributed by atoms with Crippen molar-refractivity contribution in [2.45, 2.75) is 39.0 Å². The Balaban J connectivity index is 1.18. The highest BCUT2D eigenvalue weighted by molar-refractivity contribution is 6.08. The normalized spacial score (nSPS) is 14.9. The number of alkyl halides is 3. The zero-order chi connectivity index (χ0) is 31.3. The first-order valence-corrected chi connectivity index (χ1v) is 14.4. The van der Waals surface area contributed by atoms with Crippen molar-refractivity contribution in [1.82, 2.24) is 25.0 Å². The molecule has 9 nitrogen and oxygen atoms in total. The fourth-order valence-electron chi connectivity index (χ4n) is 5.18. The van der Waals surface area contributed by atoms with Gasteiger partial charge in [-0.05, 0) is 74.0 Å². The van der Waals surface area contributed by atoms with Gasteiger partial charge in [0.1, 0.15) is 6.42 Å². The molecule has 1 saturated heterocycles. The van der Waals surface area contributed by atoms with Crippen LogP contribution in [0.25, 0.3) is 23.1 Å². The van der Waals surface area contributed by atoms with Gasteiger partial charge in [0, 0.05) is 61.7 Å². The third-order valence-corrected chi connectivity index (χ3v) is 7.53. The summed E-state index contributed by atoms with van der Waals surface area (Å²) in [6, 6.07) is 14.9. The Morgan fingerprint density at radius 3 is 2.32 bits per heavy atom. The second-order valence-corrected chi connectivity index (χ2v) is 11.0. The molecule has 44 heavy (non-hydrogen) atoms. The Kier molecular flexibility index (Phi) is 9.40. The molecule has 1 aliphatic heterocycles. The maximum atomic E-state index is 14.0. The van der Waals surface area contributed by atoms with Crippen LogP contribution in [0.4, 0.5) is 24.5 Å². The van der Waals surface area contributed by atoms with Crippen LogP contribution in [-0.2, 0) is 22.3 Å². The number of fused-ring (bicyclic) bond motifs is 1. The molecule has 4 aromatic rings. The van der Waals surface area contributed by atoms with Gasteiger partial charge in [0.05, 0.1) is 22.5 Å². The quantitative estimate of drug-likeness (QED) is 0.213. The lowest BCUT2D eigenvalue weighted by molar-refractivity contribution is -0.138. The molecule has 12 heteroatoms. The molecule has 3 heterocycles. The molecular weight excluding hydrogens is 571 g/mol. The number of piperazine rings is 1. The average molecular weight is 606 g/mol. The van der Waals surface area contributed by atoms with E-state index in [1.807, 2.05) is 35.3 Å². The van der Waals surface area contributed by atoms with Gasteiger partial charge in [0.2, 0.25) is 11.8 Å². The predicted octanol–water partition coefficient (Wildman–Crippen LogP) is 5.64. The van der Waals surface area contributed by atoms with Crippen LogP contribution in [-0.4, -0.2) is 69.0 Å². The summed E-state index contributed by atoms with van der Waals surface area (Å²) in [5, 5.41) is 13.1. The van der Waals surface area contributed by atoms with Gasteiger partial charge in [0.15, 0.2) is 0 Å². The zero-order valence-electron chi connectivity index (χ0n) is 24.5. The number of aromatic amines is 1. The number of H-pyrrole nitrogens is 1. The van der Waals surface area contributed by atoms with Crippen molar-refractivity contribution in [3.05, 3.63) is 83.3 Å². The molecule has 3 N–H and O–H groups in total. The van der Waals surface area contributed by atoms with E-state index in [0.717, 1.165) is 30.2 Å². The van der Waals surface area contributed by atoms with E-state index in [9.17, 15) is 22.8 Å². The standard InChI is InChI=1S/C32H34F3N7O2/c1-21(2)42-15-13-41(14-16-42)20-22-6-7-24(17-27(22)32(33,34)35)37-30(43)19-31(44)38-25-8-10-26-28(39-40-29(26)18-25)11-9-23-5-3-4-12-36-23/h3-12,17-18,21H,13-16,19-20H2,1-2H3,(H,37,43)(H,38,44)(H,39,40). The molecule has 0 atom stereocenters. The Labute approximate surface area is 253 Å². The largest absolute Gasteiger partial charge is 0.416 e. The number of benzene rings is 2. The first-order valence-electron chi connectivity index (χ1n) is 14.4. The number of anilines is 2. The van der Waals surface area contributed by atoms with Crippen LogP contribution >= 0.6 is 0 Å². The second kappa shape index (κ2) is 13.4. The topological polar surface area (TPSA) is 106 Å². The molecule has 2 amide bonds. The van der Waals surface area contributed by atoms with Crippen LogP contribution in [0.1, 0.15) is 42.8 Å². The maximum Gasteiger partial charge on any atom is 0.416 e. The molecule has 0 radical (unpaired) electrons. The number of pyridine rings is 1. The Morgan fingerprint density at radius 1 is 0.955 bits per heavy atom. The van der Waals surface area contributed by atoms with Crippen LogP contribution in [0.3, 0.4) is 0 Å². The lowest BCUT2D eigenvalue weighted by Crippen LogP contribution is -2.48. The van der Waals surface area contributed by atoms with Gasteiger partial charge in [-0.3, -0.25) is 29.5 Å². The average Bonchev–Trinajstić information content (AvgIpc) is 3.39. The molecule has 0 bridgehead atoms. The molecule has 2 aromatic carbocycles. The van der Waals surface area contributed by atoms with Crippen molar-refractivity contribution >= 4 is 46.2 Å². The number of nitrogens with zero attached hydrogens (tertiary/aromatic N) is 4. The summed E-state index contributed by atoms with van der Waals surface area (Å²) < 4.78 is 41.9. The number of carbonyl (C=O) groups is 2. The van der Waals surface area contributed by atoms with Crippen molar-refractivity contribution in [2.24, 2.45) is 0 Å². The van der Waals surface area contributed by atoms with E-state index in [1.165, 1.54) is 12.1 Å². The number of halogens is 3. The molecule has 0 unspecified atom stereocenters. The number of carbonyl (C=O) groups excluding carboxylic acids is 2. The number of aromatic nitrogens is 3. The Hall–Kier alpha value is -4.55. The summed E-state index contributed by atoms with van der Waals surface area (Å²) in [6.45, 7) is 7.34. The van der Waals surface area contributed by atoms with E-state index in [2.05, 4.69) is 44.6 Å². The highest BCUT2D eigenvalue weighted by Gasteiger charge is 2.34. The molecule has 1 aliphatic rings. The number of nitrogens with one attached hydrogen (secondary N) is 3. The van der Waals surface area contributed by atoms with E-state index in [4.69, 9.17) is 0 Å². The number of amides is 2. The van der Waals surface area contributed by atoms with Crippen LogP contribution in [0.2, 0.25) is 0 Å². The smallest absolute Gasteiger partial charge is 0.326 e. The summed E-state index contributed by atoms with van der Waals surface area (Å²) >= 11 is 0. The first kappa shape index (κ1) is 30.9. The number of hydrogen-bond acceptors (Lipinski definition) is 6. The van der Waals surface area contributed by atoms with E-state index >= 15 is 0 Å². The van der Waals surface area contributed by atoms with Crippen LogP contribution in [0.15, 0.2) is 60.8 Å². The van der Waals surface area contributed by atoms with Gasteiger partial charge in [0.25, 0.3) is 0 Å². The first-order chi connectivity index (χ1) is 21.0. The predicted molar refractivity (Wildman–Crippen MR) is 165 cm³/mol. The minimum Gasteiger partial charge on any atom is -0.326 e. The lowest BCUT2D eigenvalue weighted by atomic mass is 10.0. The molecule has 230 valence electrons. The van der Waals surface area contributed by atoms with E-state index in [0.29, 0.717) is 36.0 Å². The van der Waals surface area contributed by atoms with Crippen molar-refractivity contribution in [2.75, 3.05) is 36.8 Å². The SMILES string of the molecule is CC(C)N1CCN(Cc2ccc(NC(=O)CC(=O)Nc3ccc4c(C=Cc5ccccn5)n[nH]c4c3)cc2C(F)(F)F)CC1. The Bertz CT molecular complexity index is 1640. The fraction of sp³-hybridized carbons (Fsp3) is 0.312. The highest BCUT2D eigenvalue weighted by Crippen LogP contribution is 2.35. The summed E-state index contributed by atoms with van der Waals surface area (Å²) in [4.78, 5) is 33.7. The minimum atomic E-state index is -4.59. The fourth-order valence-corrected chi connectivity index (χ4v) is 5.18. The zero-order valence-corrected chi connectivity index (χ0v) is 24.5.